The Hall–Kier alpha value is -2.88. The molecular formula is C18H13ClF5N3O2. The maximum Gasteiger partial charge on any atom is 0.416 e. The molecule has 0 bridgehead atoms. The molecule has 11 heteroatoms. The van der Waals surface area contributed by atoms with Crippen LogP contribution in [0.5, 0.6) is 0 Å². The topological polar surface area (TPSA) is 61.4 Å². The first kappa shape index (κ1) is 20.8. The van der Waals surface area contributed by atoms with Crippen LogP contribution in [0.15, 0.2) is 36.4 Å². The summed E-state index contributed by atoms with van der Waals surface area (Å²) in [6, 6.07) is 3.98. The highest BCUT2D eigenvalue weighted by Gasteiger charge is 2.35. The highest BCUT2D eigenvalue weighted by atomic mass is 35.5. The van der Waals surface area contributed by atoms with E-state index >= 15 is 0 Å². The van der Waals surface area contributed by atoms with Crippen molar-refractivity contribution >= 4 is 34.9 Å². The average Bonchev–Trinajstić information content (AvgIpc) is 2.93. The van der Waals surface area contributed by atoms with E-state index in [4.69, 9.17) is 11.6 Å². The second kappa shape index (κ2) is 7.86. The smallest absolute Gasteiger partial charge is 0.333 e. The Kier molecular flexibility index (Phi) is 5.65. The van der Waals surface area contributed by atoms with Gasteiger partial charge in [0.2, 0.25) is 5.91 Å². The largest absolute Gasteiger partial charge is 0.416 e. The molecule has 1 atom stereocenters. The van der Waals surface area contributed by atoms with Gasteiger partial charge in [-0.15, -0.1) is 0 Å². The number of nitrogens with zero attached hydrogens (tertiary/aromatic N) is 1. The van der Waals surface area contributed by atoms with Gasteiger partial charge >= 0.3 is 12.2 Å². The quantitative estimate of drug-likeness (QED) is 0.697. The Morgan fingerprint density at radius 3 is 2.41 bits per heavy atom. The van der Waals surface area contributed by atoms with E-state index in [1.54, 1.807) is 0 Å². The number of alkyl halides is 3. The molecule has 3 amide bonds. The van der Waals surface area contributed by atoms with Gasteiger partial charge < -0.3 is 15.5 Å². The van der Waals surface area contributed by atoms with E-state index in [1.165, 1.54) is 0 Å². The van der Waals surface area contributed by atoms with Gasteiger partial charge in [-0.25, -0.2) is 13.6 Å². The molecule has 29 heavy (non-hydrogen) atoms. The van der Waals surface area contributed by atoms with E-state index in [-0.39, 0.29) is 23.7 Å². The molecule has 2 N–H and O–H groups in total. The number of para-hydroxylation sites is 1. The summed E-state index contributed by atoms with van der Waals surface area (Å²) in [6.07, 6.45) is -4.88. The molecule has 154 valence electrons. The Morgan fingerprint density at radius 2 is 1.79 bits per heavy atom. The number of hydrogen-bond donors (Lipinski definition) is 2. The van der Waals surface area contributed by atoms with Crippen molar-refractivity contribution in [3.8, 4) is 0 Å². The molecule has 0 spiro atoms. The van der Waals surface area contributed by atoms with Crippen molar-refractivity contribution in [3.05, 3.63) is 58.6 Å². The molecular weight excluding hydrogens is 421 g/mol. The Labute approximate surface area is 166 Å². The van der Waals surface area contributed by atoms with Crippen LogP contribution in [0.1, 0.15) is 12.0 Å². The van der Waals surface area contributed by atoms with Crippen molar-refractivity contribution in [2.45, 2.75) is 18.6 Å². The number of nitrogens with one attached hydrogen (secondary N) is 2. The predicted octanol–water partition coefficient (Wildman–Crippen LogP) is 4.56. The van der Waals surface area contributed by atoms with E-state index in [2.05, 4.69) is 10.6 Å². The highest BCUT2D eigenvalue weighted by Crippen LogP contribution is 2.33. The van der Waals surface area contributed by atoms with Crippen molar-refractivity contribution in [1.29, 1.82) is 0 Å². The minimum Gasteiger partial charge on any atom is -0.333 e. The van der Waals surface area contributed by atoms with Crippen molar-refractivity contribution < 1.29 is 31.5 Å². The van der Waals surface area contributed by atoms with Crippen LogP contribution in [-0.2, 0) is 11.0 Å². The van der Waals surface area contributed by atoms with Gasteiger partial charge in [0.05, 0.1) is 11.6 Å². The van der Waals surface area contributed by atoms with Gasteiger partial charge in [0, 0.05) is 23.7 Å². The molecule has 0 aromatic heterocycles. The summed E-state index contributed by atoms with van der Waals surface area (Å²) in [5, 5.41) is 4.36. The fourth-order valence-corrected chi connectivity index (χ4v) is 3.18. The molecule has 1 unspecified atom stereocenters. The number of benzene rings is 2. The van der Waals surface area contributed by atoms with Gasteiger partial charge in [-0.2, -0.15) is 13.2 Å². The molecule has 5 nitrogen and oxygen atoms in total. The third kappa shape index (κ3) is 4.76. The fraction of sp³-hybridized carbons (Fsp3) is 0.222. The number of amides is 3. The normalized spacial score (nSPS) is 16.8. The number of rotatable bonds is 3. The predicted molar refractivity (Wildman–Crippen MR) is 95.7 cm³/mol. The van der Waals surface area contributed by atoms with Gasteiger partial charge in [-0.05, 0) is 30.3 Å². The first-order valence-electron chi connectivity index (χ1n) is 8.24. The third-order valence-corrected chi connectivity index (χ3v) is 4.37. The Morgan fingerprint density at radius 1 is 1.14 bits per heavy atom. The van der Waals surface area contributed by atoms with Gasteiger partial charge in [0.15, 0.2) is 0 Å². The van der Waals surface area contributed by atoms with Crippen molar-refractivity contribution in [1.82, 2.24) is 5.32 Å². The summed E-state index contributed by atoms with van der Waals surface area (Å²) < 4.78 is 66.3. The minimum absolute atomic E-state index is 0.201. The highest BCUT2D eigenvalue weighted by molar-refractivity contribution is 6.31. The lowest BCUT2D eigenvalue weighted by Crippen LogP contribution is -2.40. The number of halogens is 6. The number of carbonyl (C=O) groups excluding carboxylic acids is 2. The molecule has 1 saturated heterocycles. The number of hydrogen-bond acceptors (Lipinski definition) is 2. The molecule has 1 aliphatic heterocycles. The summed E-state index contributed by atoms with van der Waals surface area (Å²) >= 11 is 5.65. The molecule has 2 aromatic carbocycles. The van der Waals surface area contributed by atoms with Gasteiger partial charge in [-0.3, -0.25) is 4.79 Å². The summed E-state index contributed by atoms with van der Waals surface area (Å²) in [5.74, 6) is -2.47. The fourth-order valence-electron chi connectivity index (χ4n) is 2.95. The van der Waals surface area contributed by atoms with Crippen LogP contribution < -0.4 is 15.5 Å². The molecule has 1 fully saturated rings. The summed E-state index contributed by atoms with van der Waals surface area (Å²) in [5.41, 5.74) is -1.77. The number of urea groups is 1. The first-order chi connectivity index (χ1) is 13.5. The van der Waals surface area contributed by atoms with E-state index < -0.39 is 47.0 Å². The van der Waals surface area contributed by atoms with Crippen LogP contribution in [0.4, 0.5) is 38.1 Å². The lowest BCUT2D eigenvalue weighted by Gasteiger charge is -2.18. The molecule has 1 aliphatic rings. The molecule has 2 aromatic rings. The molecule has 0 saturated carbocycles. The Bertz CT molecular complexity index is 947. The van der Waals surface area contributed by atoms with Gasteiger partial charge in [0.25, 0.3) is 0 Å². The van der Waals surface area contributed by atoms with Gasteiger partial charge in [-0.1, -0.05) is 17.7 Å². The molecule has 0 aliphatic carbocycles. The lowest BCUT2D eigenvalue weighted by atomic mass is 10.2. The first-order valence-corrected chi connectivity index (χ1v) is 8.62. The standard InChI is InChI=1S/C18H13ClF5N3O2/c19-10-4-9(18(22,23)24)5-11(6-10)25-17(29)26-12-7-15(28)27(8-12)16-13(20)2-1-3-14(16)21/h1-6,12H,7-8H2,(H2,25,26,29). The molecule has 3 rings (SSSR count). The van der Waals surface area contributed by atoms with Crippen LogP contribution in [0.3, 0.4) is 0 Å². The number of carbonyl (C=O) groups is 2. The maximum atomic E-state index is 13.9. The van der Waals surface area contributed by atoms with Crippen LogP contribution in [0, 0.1) is 11.6 Å². The minimum atomic E-state index is -4.65. The van der Waals surface area contributed by atoms with Crippen molar-refractivity contribution in [2.24, 2.45) is 0 Å². The average molecular weight is 434 g/mol. The maximum absolute atomic E-state index is 13.9. The second-order valence-electron chi connectivity index (χ2n) is 6.30. The van der Waals surface area contributed by atoms with E-state index in [1.807, 2.05) is 0 Å². The lowest BCUT2D eigenvalue weighted by molar-refractivity contribution is -0.137. The van der Waals surface area contributed by atoms with Crippen LogP contribution in [0.2, 0.25) is 5.02 Å². The number of anilines is 2. The summed E-state index contributed by atoms with van der Waals surface area (Å²) in [7, 11) is 0. The second-order valence-corrected chi connectivity index (χ2v) is 6.74. The van der Waals surface area contributed by atoms with Crippen LogP contribution in [-0.4, -0.2) is 24.5 Å². The van der Waals surface area contributed by atoms with Crippen LogP contribution >= 0.6 is 11.6 Å². The monoisotopic (exact) mass is 433 g/mol. The van der Waals surface area contributed by atoms with Crippen molar-refractivity contribution in [2.75, 3.05) is 16.8 Å². The zero-order valence-electron chi connectivity index (χ0n) is 14.5. The van der Waals surface area contributed by atoms with E-state index in [9.17, 15) is 31.5 Å². The zero-order valence-corrected chi connectivity index (χ0v) is 15.2. The summed E-state index contributed by atoms with van der Waals surface area (Å²) in [6.45, 7) is -0.201. The SMILES string of the molecule is O=C(Nc1cc(Cl)cc(C(F)(F)F)c1)NC1CC(=O)N(c2c(F)cccc2F)C1. The zero-order chi connectivity index (χ0) is 21.3. The van der Waals surface area contributed by atoms with E-state index in [0.29, 0.717) is 12.1 Å². The van der Waals surface area contributed by atoms with Crippen LogP contribution in [0.25, 0.3) is 0 Å². The van der Waals surface area contributed by atoms with Crippen molar-refractivity contribution in [3.63, 3.8) is 0 Å². The Balaban J connectivity index is 1.68. The molecule has 1 heterocycles. The molecule has 0 radical (unpaired) electrons. The summed E-state index contributed by atoms with van der Waals surface area (Å²) in [4.78, 5) is 25.1. The van der Waals surface area contributed by atoms with E-state index in [0.717, 1.165) is 29.2 Å². The third-order valence-electron chi connectivity index (χ3n) is 4.15. The van der Waals surface area contributed by atoms with Gasteiger partial charge in [0.1, 0.15) is 17.3 Å².